The van der Waals surface area contributed by atoms with Gasteiger partial charge in [-0.05, 0) is 55.8 Å². The van der Waals surface area contributed by atoms with Crippen molar-refractivity contribution in [3.05, 3.63) is 59.7 Å². The van der Waals surface area contributed by atoms with Crippen LogP contribution in [0.4, 0.5) is 19.3 Å². The summed E-state index contributed by atoms with van der Waals surface area (Å²) in [6.07, 6.45) is 0. The van der Waals surface area contributed by atoms with Crippen molar-refractivity contribution >= 4 is 30.3 Å². The average Bonchev–Trinajstić information content (AvgIpc) is 2.63. The first kappa shape index (κ1) is 20.7. The van der Waals surface area contributed by atoms with Crippen LogP contribution in [0.15, 0.2) is 42.5 Å². The highest BCUT2D eigenvalue weighted by Gasteiger charge is 2.32. The van der Waals surface area contributed by atoms with Gasteiger partial charge >= 0.3 is 6.03 Å². The molecule has 5 nitrogen and oxygen atoms in total. The van der Waals surface area contributed by atoms with Gasteiger partial charge in [-0.25, -0.2) is 13.6 Å². The number of Topliss-reactive ketones (excluding diaryl/α,β-unsaturated/α-hetero) is 1. The Balaban J connectivity index is 2.07. The molecule has 0 aliphatic rings. The molecule has 2 rings (SSSR count). The van der Waals surface area contributed by atoms with Crippen molar-refractivity contribution in [1.82, 2.24) is 4.31 Å². The summed E-state index contributed by atoms with van der Waals surface area (Å²) in [5, 5.41) is 2.51. The minimum absolute atomic E-state index is 0.0326. The number of ether oxygens (including phenoxy) is 1. The standard InChI is InChI=1S/C19H20F2N2O3S/c1-19(2,12-4-9-15(21)16(10-12)26-3)17(24)11-23(27)18(25)22-14-7-5-13(20)6-8-14/h4-10,27H,11H2,1-3H3,(H,22,25). The maximum Gasteiger partial charge on any atom is 0.332 e. The summed E-state index contributed by atoms with van der Waals surface area (Å²) in [4.78, 5) is 24.9. The van der Waals surface area contributed by atoms with Crippen molar-refractivity contribution in [3.8, 4) is 5.75 Å². The Morgan fingerprint density at radius 1 is 1.15 bits per heavy atom. The lowest BCUT2D eigenvalue weighted by Crippen LogP contribution is -2.39. The minimum Gasteiger partial charge on any atom is -0.494 e. The number of ketones is 1. The zero-order valence-corrected chi connectivity index (χ0v) is 16.0. The van der Waals surface area contributed by atoms with E-state index < -0.39 is 23.1 Å². The summed E-state index contributed by atoms with van der Waals surface area (Å²) in [6, 6.07) is 8.74. The predicted molar refractivity (Wildman–Crippen MR) is 102 cm³/mol. The van der Waals surface area contributed by atoms with Crippen molar-refractivity contribution < 1.29 is 23.1 Å². The number of hydrogen-bond acceptors (Lipinski definition) is 4. The summed E-state index contributed by atoms with van der Waals surface area (Å²) in [7, 11) is 1.34. The minimum atomic E-state index is -1.00. The van der Waals surface area contributed by atoms with Crippen LogP contribution in [0.3, 0.4) is 0 Å². The van der Waals surface area contributed by atoms with Crippen LogP contribution in [0.1, 0.15) is 19.4 Å². The molecular weight excluding hydrogens is 374 g/mol. The fourth-order valence-electron chi connectivity index (χ4n) is 2.34. The molecule has 0 spiro atoms. The number of halogens is 2. The highest BCUT2D eigenvalue weighted by atomic mass is 32.1. The fraction of sp³-hybridized carbons (Fsp3) is 0.263. The Morgan fingerprint density at radius 3 is 2.37 bits per heavy atom. The number of anilines is 1. The van der Waals surface area contributed by atoms with Gasteiger partial charge < -0.3 is 10.1 Å². The number of amides is 2. The molecule has 0 bridgehead atoms. The molecule has 0 radical (unpaired) electrons. The number of nitrogens with zero attached hydrogens (tertiary/aromatic N) is 1. The lowest BCUT2D eigenvalue weighted by molar-refractivity contribution is -0.123. The van der Waals surface area contributed by atoms with Gasteiger partial charge in [0.2, 0.25) is 0 Å². The van der Waals surface area contributed by atoms with E-state index in [0.717, 1.165) is 4.31 Å². The number of benzene rings is 2. The Bertz CT molecular complexity index is 841. The number of urea groups is 1. The Hall–Kier alpha value is -2.61. The zero-order valence-electron chi connectivity index (χ0n) is 15.1. The second-order valence-electron chi connectivity index (χ2n) is 6.39. The van der Waals surface area contributed by atoms with Gasteiger partial charge in [-0.2, -0.15) is 0 Å². The first-order chi connectivity index (χ1) is 12.6. The second-order valence-corrected chi connectivity index (χ2v) is 6.88. The fourth-order valence-corrected chi connectivity index (χ4v) is 2.51. The number of carbonyl (C=O) groups excluding carboxylic acids is 2. The summed E-state index contributed by atoms with van der Waals surface area (Å²) < 4.78 is 32.4. The molecule has 27 heavy (non-hydrogen) atoms. The summed E-state index contributed by atoms with van der Waals surface area (Å²) >= 11 is 4.06. The predicted octanol–water partition coefficient (Wildman–Crippen LogP) is 4.20. The Kier molecular flexibility index (Phi) is 6.43. The summed E-state index contributed by atoms with van der Waals surface area (Å²) in [5.41, 5.74) is -0.0835. The number of rotatable bonds is 6. The van der Waals surface area contributed by atoms with Crippen LogP contribution in [0.5, 0.6) is 5.75 Å². The van der Waals surface area contributed by atoms with E-state index in [-0.39, 0.29) is 18.1 Å². The molecule has 0 aliphatic heterocycles. The van der Waals surface area contributed by atoms with Crippen LogP contribution in [0.25, 0.3) is 0 Å². The third-order valence-electron chi connectivity index (χ3n) is 4.19. The van der Waals surface area contributed by atoms with Gasteiger partial charge in [0.25, 0.3) is 0 Å². The summed E-state index contributed by atoms with van der Waals surface area (Å²) in [5.74, 6) is -1.23. The zero-order chi connectivity index (χ0) is 20.2. The monoisotopic (exact) mass is 394 g/mol. The molecule has 144 valence electrons. The first-order valence-corrected chi connectivity index (χ1v) is 8.45. The average molecular weight is 394 g/mol. The van der Waals surface area contributed by atoms with E-state index in [9.17, 15) is 18.4 Å². The van der Waals surface area contributed by atoms with Crippen LogP contribution in [0.2, 0.25) is 0 Å². The molecule has 0 unspecified atom stereocenters. The number of thiol groups is 1. The van der Waals surface area contributed by atoms with E-state index in [1.165, 1.54) is 49.6 Å². The van der Waals surface area contributed by atoms with Crippen molar-refractivity contribution in [2.75, 3.05) is 19.0 Å². The van der Waals surface area contributed by atoms with Gasteiger partial charge in [-0.15, -0.1) is 0 Å². The third kappa shape index (κ3) is 4.97. The van der Waals surface area contributed by atoms with E-state index in [1.54, 1.807) is 13.8 Å². The molecule has 1 N–H and O–H groups in total. The third-order valence-corrected chi connectivity index (χ3v) is 4.52. The molecule has 0 fully saturated rings. The van der Waals surface area contributed by atoms with E-state index in [1.807, 2.05) is 0 Å². The van der Waals surface area contributed by atoms with Gasteiger partial charge in [0.1, 0.15) is 5.82 Å². The number of carbonyl (C=O) groups is 2. The topological polar surface area (TPSA) is 58.6 Å². The van der Waals surface area contributed by atoms with Gasteiger partial charge in [0.05, 0.1) is 19.1 Å². The molecule has 0 heterocycles. The van der Waals surface area contributed by atoms with Crippen molar-refractivity contribution in [3.63, 3.8) is 0 Å². The molecular formula is C19H20F2N2O3S. The highest BCUT2D eigenvalue weighted by Crippen LogP contribution is 2.29. The lowest BCUT2D eigenvalue weighted by atomic mass is 9.80. The number of nitrogens with one attached hydrogen (secondary N) is 1. The number of methoxy groups -OCH3 is 1. The van der Waals surface area contributed by atoms with Gasteiger partial charge in [0.15, 0.2) is 17.3 Å². The van der Waals surface area contributed by atoms with E-state index >= 15 is 0 Å². The molecule has 0 aromatic heterocycles. The molecule has 8 heteroatoms. The molecule has 2 aromatic rings. The first-order valence-electron chi connectivity index (χ1n) is 8.05. The van der Waals surface area contributed by atoms with Crippen molar-refractivity contribution in [2.24, 2.45) is 0 Å². The van der Waals surface area contributed by atoms with Gasteiger partial charge in [-0.1, -0.05) is 18.9 Å². The maximum atomic E-state index is 13.6. The van der Waals surface area contributed by atoms with E-state index in [4.69, 9.17) is 4.74 Å². The molecule has 0 saturated carbocycles. The highest BCUT2D eigenvalue weighted by molar-refractivity contribution is 7.78. The maximum absolute atomic E-state index is 13.6. The van der Waals surface area contributed by atoms with Gasteiger partial charge in [0, 0.05) is 5.69 Å². The van der Waals surface area contributed by atoms with Crippen molar-refractivity contribution in [1.29, 1.82) is 0 Å². The quantitative estimate of drug-likeness (QED) is 0.722. The molecule has 0 atom stereocenters. The van der Waals surface area contributed by atoms with Crippen LogP contribution in [-0.4, -0.2) is 29.8 Å². The SMILES string of the molecule is COc1cc(C(C)(C)C(=O)CN(S)C(=O)Nc2ccc(F)cc2)ccc1F. The Morgan fingerprint density at radius 2 is 1.78 bits per heavy atom. The van der Waals surface area contributed by atoms with Crippen molar-refractivity contribution in [2.45, 2.75) is 19.3 Å². The molecule has 2 amide bonds. The largest absolute Gasteiger partial charge is 0.494 e. The van der Waals surface area contributed by atoms with Crippen LogP contribution in [-0.2, 0) is 10.2 Å². The second kappa shape index (κ2) is 8.39. The molecule has 2 aromatic carbocycles. The normalized spacial score (nSPS) is 11.0. The summed E-state index contributed by atoms with van der Waals surface area (Å²) in [6.45, 7) is 3.05. The molecule has 0 aliphatic carbocycles. The van der Waals surface area contributed by atoms with Crippen LogP contribution in [0, 0.1) is 11.6 Å². The lowest BCUT2D eigenvalue weighted by Gasteiger charge is -2.26. The van der Waals surface area contributed by atoms with Gasteiger partial charge in [-0.3, -0.25) is 9.10 Å². The van der Waals surface area contributed by atoms with Crippen LogP contribution < -0.4 is 10.1 Å². The van der Waals surface area contributed by atoms with E-state index in [0.29, 0.717) is 11.3 Å². The number of hydrogen-bond donors (Lipinski definition) is 2. The Labute approximate surface area is 161 Å². The molecule has 0 saturated heterocycles. The van der Waals surface area contributed by atoms with Crippen LogP contribution >= 0.6 is 12.8 Å². The van der Waals surface area contributed by atoms with E-state index in [2.05, 4.69) is 18.1 Å². The smallest absolute Gasteiger partial charge is 0.332 e.